The lowest BCUT2D eigenvalue weighted by Gasteiger charge is -2.23. The van der Waals surface area contributed by atoms with Crippen LogP contribution in [0, 0.1) is 25.1 Å². The van der Waals surface area contributed by atoms with Crippen LogP contribution >= 0.6 is 0 Å². The predicted octanol–water partition coefficient (Wildman–Crippen LogP) is 3.29. The number of carbonyl (C=O) groups is 1. The fourth-order valence-corrected chi connectivity index (χ4v) is 5.33. The van der Waals surface area contributed by atoms with Crippen LogP contribution in [-0.2, 0) is 30.8 Å². The number of rotatable bonds is 4. The van der Waals surface area contributed by atoms with E-state index in [9.17, 15) is 27.2 Å². The number of hydrogen-bond acceptors (Lipinski definition) is 5. The van der Waals surface area contributed by atoms with Crippen LogP contribution in [0.25, 0.3) is 0 Å². The van der Waals surface area contributed by atoms with Crippen LogP contribution in [0.5, 0.6) is 0 Å². The molecule has 0 aliphatic carbocycles. The maximum atomic E-state index is 13.2. The first-order valence-corrected chi connectivity index (χ1v) is 12.3. The number of nitrogens with zero attached hydrogens (tertiary/aromatic N) is 4. The molecule has 3 aromatic rings. The van der Waals surface area contributed by atoms with E-state index in [1.54, 1.807) is 16.7 Å². The maximum Gasteiger partial charge on any atom is 0.490 e. The molecule has 1 N–H and O–H groups in total. The van der Waals surface area contributed by atoms with Gasteiger partial charge in [-0.15, -0.1) is 0 Å². The normalized spacial score (nSPS) is 18.6. The van der Waals surface area contributed by atoms with Gasteiger partial charge in [-0.25, -0.2) is 13.9 Å². The van der Waals surface area contributed by atoms with Gasteiger partial charge in [-0.05, 0) is 50.1 Å². The fraction of sp³-hybridized carbons (Fsp3) is 0.407. The van der Waals surface area contributed by atoms with E-state index in [1.807, 2.05) is 0 Å². The molecule has 0 bridgehead atoms. The highest BCUT2D eigenvalue weighted by molar-refractivity contribution is 5.73. The average molecular weight is 549 g/mol. The Hall–Kier alpha value is -3.80. The molecule has 2 aliphatic heterocycles. The highest BCUT2D eigenvalue weighted by Gasteiger charge is 2.44. The van der Waals surface area contributed by atoms with E-state index in [1.165, 1.54) is 33.5 Å². The van der Waals surface area contributed by atoms with E-state index in [0.29, 0.717) is 18.8 Å². The third-order valence-corrected chi connectivity index (χ3v) is 6.93. The second kappa shape index (κ2) is 10.8. The molecule has 208 valence electrons. The number of halogens is 4. The number of aryl methyl sites for hydroxylation is 2. The summed E-state index contributed by atoms with van der Waals surface area (Å²) in [7, 11) is 0. The van der Waals surface area contributed by atoms with Gasteiger partial charge >= 0.3 is 23.3 Å². The first-order valence-electron chi connectivity index (χ1n) is 12.3. The Morgan fingerprint density at radius 3 is 2.18 bits per heavy atom. The molecular formula is C27H28F4N4O4. The molecule has 2 aliphatic rings. The first kappa shape index (κ1) is 28.2. The summed E-state index contributed by atoms with van der Waals surface area (Å²) in [5.74, 6) is -2.42. The van der Waals surface area contributed by atoms with Crippen LogP contribution < -0.4 is 11.1 Å². The zero-order chi connectivity index (χ0) is 28.5. The quantitative estimate of drug-likeness (QED) is 0.397. The number of hydrogen-bond donors (Lipinski definition) is 1. The first-order chi connectivity index (χ1) is 18.2. The Bertz CT molecular complexity index is 1480. The van der Waals surface area contributed by atoms with E-state index < -0.39 is 23.3 Å². The van der Waals surface area contributed by atoms with Crippen LogP contribution in [0.15, 0.2) is 52.1 Å². The molecule has 5 rings (SSSR count). The van der Waals surface area contributed by atoms with Crippen LogP contribution in [0.3, 0.4) is 0 Å². The van der Waals surface area contributed by atoms with Gasteiger partial charge in [0.2, 0.25) is 0 Å². The van der Waals surface area contributed by atoms with Gasteiger partial charge in [-0.3, -0.25) is 19.1 Å². The average Bonchev–Trinajstić information content (AvgIpc) is 3.40. The summed E-state index contributed by atoms with van der Waals surface area (Å²) in [6, 6.07) is 12.6. The Morgan fingerprint density at radius 1 is 0.974 bits per heavy atom. The number of fused-ring (bicyclic) bond motifs is 1. The molecule has 0 amide bonds. The van der Waals surface area contributed by atoms with Crippen LogP contribution in [0.1, 0.15) is 34.5 Å². The second-order valence-electron chi connectivity index (χ2n) is 10.3. The minimum absolute atomic E-state index is 0.0560. The van der Waals surface area contributed by atoms with Crippen molar-refractivity contribution >= 4 is 5.97 Å². The number of carboxylic acids is 1. The minimum atomic E-state index is -5.08. The van der Waals surface area contributed by atoms with Crippen molar-refractivity contribution < 1.29 is 27.5 Å². The SMILES string of the molecule is Cc1cc(C)cc(CN2CCC3(Cc4nn(Cc5ccc(F)cc5)c(=O)c(=O)n4C3)C2)c1.O=C(O)C(F)(F)F. The highest BCUT2D eigenvalue weighted by atomic mass is 19.4. The topological polar surface area (TPSA) is 97.4 Å². The van der Waals surface area contributed by atoms with Crippen molar-refractivity contribution in [1.82, 2.24) is 19.2 Å². The van der Waals surface area contributed by atoms with E-state index in [2.05, 4.69) is 42.0 Å². The van der Waals surface area contributed by atoms with Crippen LogP contribution in [0.4, 0.5) is 17.6 Å². The molecule has 39 heavy (non-hydrogen) atoms. The summed E-state index contributed by atoms with van der Waals surface area (Å²) in [6.07, 6.45) is -3.41. The number of alkyl halides is 3. The molecule has 2 aromatic carbocycles. The number of aliphatic carboxylic acids is 1. The maximum absolute atomic E-state index is 13.2. The monoisotopic (exact) mass is 548 g/mol. The van der Waals surface area contributed by atoms with Crippen LogP contribution in [0.2, 0.25) is 0 Å². The molecule has 0 saturated carbocycles. The zero-order valence-electron chi connectivity index (χ0n) is 21.5. The molecule has 1 fully saturated rings. The molecule has 3 heterocycles. The summed E-state index contributed by atoms with van der Waals surface area (Å²) in [6.45, 7) is 7.69. The third-order valence-electron chi connectivity index (χ3n) is 6.93. The van der Waals surface area contributed by atoms with Gasteiger partial charge < -0.3 is 5.11 Å². The lowest BCUT2D eigenvalue weighted by atomic mass is 9.86. The lowest BCUT2D eigenvalue weighted by molar-refractivity contribution is -0.192. The van der Waals surface area contributed by atoms with E-state index in [4.69, 9.17) is 9.90 Å². The zero-order valence-corrected chi connectivity index (χ0v) is 21.5. The van der Waals surface area contributed by atoms with Gasteiger partial charge in [0.25, 0.3) is 0 Å². The highest BCUT2D eigenvalue weighted by Crippen LogP contribution is 2.39. The smallest absolute Gasteiger partial charge is 0.475 e. The lowest BCUT2D eigenvalue weighted by Crippen LogP contribution is -2.43. The number of benzene rings is 2. The number of likely N-dealkylation sites (tertiary alicyclic amines) is 1. The molecule has 1 spiro atoms. The van der Waals surface area contributed by atoms with Crippen LogP contribution in [-0.4, -0.2) is 49.6 Å². The van der Waals surface area contributed by atoms with Crippen molar-refractivity contribution in [3.05, 3.63) is 97.1 Å². The van der Waals surface area contributed by atoms with Crippen molar-refractivity contribution in [2.45, 2.75) is 52.5 Å². The van der Waals surface area contributed by atoms with E-state index in [0.717, 1.165) is 31.6 Å². The molecule has 1 atom stereocenters. The molecule has 0 radical (unpaired) electrons. The van der Waals surface area contributed by atoms with Gasteiger partial charge in [0.15, 0.2) is 0 Å². The summed E-state index contributed by atoms with van der Waals surface area (Å²) in [5, 5.41) is 11.7. The largest absolute Gasteiger partial charge is 0.490 e. The Kier molecular flexibility index (Phi) is 7.78. The second-order valence-corrected chi connectivity index (χ2v) is 10.3. The van der Waals surface area contributed by atoms with Gasteiger partial charge in [0.05, 0.1) is 6.54 Å². The van der Waals surface area contributed by atoms with Crippen molar-refractivity contribution in [1.29, 1.82) is 0 Å². The van der Waals surface area contributed by atoms with Gasteiger partial charge in [-0.2, -0.15) is 18.3 Å². The van der Waals surface area contributed by atoms with Crippen molar-refractivity contribution in [3.8, 4) is 0 Å². The Balaban J connectivity index is 0.000000448. The number of aromatic nitrogens is 3. The molecule has 12 heteroatoms. The van der Waals surface area contributed by atoms with Gasteiger partial charge in [0, 0.05) is 31.5 Å². The standard InChI is InChI=1S/C25H27FN4O2.C2HF3O2/c1-17-9-18(2)11-20(10-17)13-28-8-7-25(15-28)12-22-27-30(24(32)23(31)29(22)16-25)14-19-3-5-21(26)6-4-19;3-2(4,5)1(6)7/h3-6,9-11H,7-8,12-16H2,1-2H3;(H,6,7). The van der Waals surface area contributed by atoms with E-state index in [-0.39, 0.29) is 17.8 Å². The molecule has 1 aromatic heterocycles. The summed E-state index contributed by atoms with van der Waals surface area (Å²) < 4.78 is 47.7. The fourth-order valence-electron chi connectivity index (χ4n) is 5.33. The van der Waals surface area contributed by atoms with E-state index >= 15 is 0 Å². The van der Waals surface area contributed by atoms with Gasteiger partial charge in [-0.1, -0.05) is 41.5 Å². The Morgan fingerprint density at radius 2 is 1.59 bits per heavy atom. The summed E-state index contributed by atoms with van der Waals surface area (Å²) in [5.41, 5.74) is 3.39. The predicted molar refractivity (Wildman–Crippen MR) is 134 cm³/mol. The third kappa shape index (κ3) is 6.62. The molecule has 1 unspecified atom stereocenters. The summed E-state index contributed by atoms with van der Waals surface area (Å²) >= 11 is 0. The molecule has 8 nitrogen and oxygen atoms in total. The van der Waals surface area contributed by atoms with Crippen molar-refractivity contribution in [2.24, 2.45) is 5.41 Å². The van der Waals surface area contributed by atoms with Crippen molar-refractivity contribution in [2.75, 3.05) is 13.1 Å². The minimum Gasteiger partial charge on any atom is -0.475 e. The number of carboxylic acid groups (broad SMARTS) is 1. The summed E-state index contributed by atoms with van der Waals surface area (Å²) in [4.78, 5) is 36.8. The molecular weight excluding hydrogens is 520 g/mol. The molecule has 1 saturated heterocycles. The van der Waals surface area contributed by atoms with Gasteiger partial charge in [0.1, 0.15) is 11.6 Å². The Labute approximate surface area is 221 Å². The van der Waals surface area contributed by atoms with Crippen molar-refractivity contribution in [3.63, 3.8) is 0 Å².